The maximum absolute atomic E-state index is 12.6. The van der Waals surface area contributed by atoms with Crippen molar-refractivity contribution in [1.29, 1.82) is 0 Å². The predicted octanol–water partition coefficient (Wildman–Crippen LogP) is 2.68. The van der Waals surface area contributed by atoms with E-state index in [4.69, 9.17) is 5.73 Å². The molecule has 13 heavy (non-hydrogen) atoms. The van der Waals surface area contributed by atoms with Crippen LogP contribution in [0.25, 0.3) is 5.83 Å². The highest BCUT2D eigenvalue weighted by Gasteiger charge is 2.07. The first-order valence-electron chi connectivity index (χ1n) is 3.65. The van der Waals surface area contributed by atoms with Gasteiger partial charge in [-0.25, -0.2) is 4.39 Å². The van der Waals surface area contributed by atoms with Gasteiger partial charge in [-0.3, -0.25) is 0 Å². The lowest BCUT2D eigenvalue weighted by Gasteiger charge is -1.98. The summed E-state index contributed by atoms with van der Waals surface area (Å²) in [6.45, 7) is 0.309. The molecule has 0 bridgehead atoms. The first-order chi connectivity index (χ1) is 6.15. The highest BCUT2D eigenvalue weighted by Crippen LogP contribution is 2.21. The van der Waals surface area contributed by atoms with Gasteiger partial charge in [-0.15, -0.1) is 0 Å². The van der Waals surface area contributed by atoms with Crippen LogP contribution in [0.5, 0.6) is 0 Å². The van der Waals surface area contributed by atoms with Gasteiger partial charge in [0.05, 0.1) is 0 Å². The Morgan fingerprint density at radius 2 is 1.62 bits per heavy atom. The third-order valence-corrected chi connectivity index (χ3v) is 1.61. The number of hydrogen-bond donors (Lipinski definition) is 1. The lowest BCUT2D eigenvalue weighted by atomic mass is 10.1. The Labute approximate surface area is 73.7 Å². The Balaban J connectivity index is 2.99. The maximum atomic E-state index is 12.6. The van der Waals surface area contributed by atoms with E-state index in [1.54, 1.807) is 0 Å². The number of rotatable bonds is 2. The van der Waals surface area contributed by atoms with E-state index in [2.05, 4.69) is 0 Å². The third kappa shape index (κ3) is 2.32. The molecule has 1 aromatic carbocycles. The van der Waals surface area contributed by atoms with Gasteiger partial charge < -0.3 is 5.73 Å². The summed E-state index contributed by atoms with van der Waals surface area (Å²) < 4.78 is 36.1. The number of benzene rings is 1. The second kappa shape index (κ2) is 4.09. The van der Waals surface area contributed by atoms with Crippen molar-refractivity contribution >= 4 is 5.83 Å². The molecule has 0 aromatic heterocycles. The molecule has 0 saturated heterocycles. The van der Waals surface area contributed by atoms with Crippen LogP contribution >= 0.6 is 0 Å². The largest absolute Gasteiger partial charge is 0.326 e. The second-order valence-electron chi connectivity index (χ2n) is 2.48. The van der Waals surface area contributed by atoms with Crippen molar-refractivity contribution in [3.8, 4) is 0 Å². The monoisotopic (exact) mass is 187 g/mol. The van der Waals surface area contributed by atoms with Gasteiger partial charge in [-0.05, 0) is 5.56 Å². The van der Waals surface area contributed by atoms with E-state index in [1.807, 2.05) is 0 Å². The van der Waals surface area contributed by atoms with Crippen molar-refractivity contribution in [2.75, 3.05) is 0 Å². The molecule has 0 heterocycles. The standard InChI is InChI=1S/C9H8F3N/c10-8(9(11)12)7-3-1-6(5-13)2-4-7/h1-4H,5,13H2. The van der Waals surface area contributed by atoms with Gasteiger partial charge in [-0.2, -0.15) is 8.78 Å². The van der Waals surface area contributed by atoms with E-state index in [0.717, 1.165) is 5.56 Å². The zero-order valence-electron chi connectivity index (χ0n) is 6.73. The van der Waals surface area contributed by atoms with E-state index in [1.165, 1.54) is 24.3 Å². The van der Waals surface area contributed by atoms with Crippen molar-refractivity contribution in [1.82, 2.24) is 0 Å². The molecule has 1 aromatic rings. The first kappa shape index (κ1) is 9.80. The molecule has 70 valence electrons. The quantitative estimate of drug-likeness (QED) is 0.756. The van der Waals surface area contributed by atoms with E-state index in [-0.39, 0.29) is 5.56 Å². The van der Waals surface area contributed by atoms with Crippen LogP contribution < -0.4 is 5.73 Å². The molecule has 1 nitrogen and oxygen atoms in total. The Kier molecular flexibility index (Phi) is 3.08. The van der Waals surface area contributed by atoms with Crippen molar-refractivity contribution in [3.63, 3.8) is 0 Å². The maximum Gasteiger partial charge on any atom is 0.306 e. The Bertz CT molecular complexity index is 312. The van der Waals surface area contributed by atoms with Crippen molar-refractivity contribution in [3.05, 3.63) is 41.5 Å². The SMILES string of the molecule is NCc1ccc(C(F)=C(F)F)cc1. The molecule has 0 atom stereocenters. The van der Waals surface area contributed by atoms with Crippen LogP contribution in [0, 0.1) is 0 Å². The summed E-state index contributed by atoms with van der Waals surface area (Å²) in [5.41, 5.74) is 5.93. The van der Waals surface area contributed by atoms with Crippen LogP contribution in [-0.4, -0.2) is 0 Å². The van der Waals surface area contributed by atoms with Crippen LogP contribution in [0.3, 0.4) is 0 Å². The minimum atomic E-state index is -2.31. The highest BCUT2D eigenvalue weighted by molar-refractivity contribution is 5.59. The number of halogens is 3. The van der Waals surface area contributed by atoms with Crippen LogP contribution in [-0.2, 0) is 6.54 Å². The fourth-order valence-corrected chi connectivity index (χ4v) is 0.896. The summed E-state index contributed by atoms with van der Waals surface area (Å²) in [5.74, 6) is -1.48. The molecule has 0 aliphatic carbocycles. The lowest BCUT2D eigenvalue weighted by Crippen LogP contribution is -1.95. The van der Waals surface area contributed by atoms with Crippen LogP contribution in [0.1, 0.15) is 11.1 Å². The molecule has 0 fully saturated rings. The van der Waals surface area contributed by atoms with Gasteiger partial charge in [0.2, 0.25) is 0 Å². The average molecular weight is 187 g/mol. The molecule has 0 unspecified atom stereocenters. The summed E-state index contributed by atoms with van der Waals surface area (Å²) >= 11 is 0. The molecule has 0 spiro atoms. The summed E-state index contributed by atoms with van der Waals surface area (Å²) in [6, 6.07) is 5.57. The molecule has 0 aliphatic rings. The highest BCUT2D eigenvalue weighted by atomic mass is 19.3. The normalized spacial score (nSPS) is 9.85. The second-order valence-corrected chi connectivity index (χ2v) is 2.48. The van der Waals surface area contributed by atoms with Gasteiger partial charge >= 0.3 is 6.08 Å². The molecular formula is C9H8F3N. The van der Waals surface area contributed by atoms with Crippen molar-refractivity contribution in [2.45, 2.75) is 6.54 Å². The minimum Gasteiger partial charge on any atom is -0.326 e. The van der Waals surface area contributed by atoms with E-state index in [9.17, 15) is 13.2 Å². The lowest BCUT2D eigenvalue weighted by molar-refractivity contribution is 0.410. The van der Waals surface area contributed by atoms with E-state index < -0.39 is 11.9 Å². The van der Waals surface area contributed by atoms with Gasteiger partial charge in [-0.1, -0.05) is 24.3 Å². The smallest absolute Gasteiger partial charge is 0.306 e. The molecule has 2 N–H and O–H groups in total. The topological polar surface area (TPSA) is 26.0 Å². The third-order valence-electron chi connectivity index (χ3n) is 1.61. The summed E-state index contributed by atoms with van der Waals surface area (Å²) in [6.07, 6.45) is -2.31. The van der Waals surface area contributed by atoms with Gasteiger partial charge in [0.1, 0.15) is 0 Å². The predicted molar refractivity (Wildman–Crippen MR) is 44.6 cm³/mol. The minimum absolute atomic E-state index is 0.128. The number of hydrogen-bond acceptors (Lipinski definition) is 1. The summed E-state index contributed by atoms with van der Waals surface area (Å²) in [7, 11) is 0. The molecular weight excluding hydrogens is 179 g/mol. The van der Waals surface area contributed by atoms with Gasteiger partial charge in [0, 0.05) is 12.1 Å². The van der Waals surface area contributed by atoms with Crippen LogP contribution in [0.2, 0.25) is 0 Å². The summed E-state index contributed by atoms with van der Waals surface area (Å²) in [4.78, 5) is 0. The van der Waals surface area contributed by atoms with Crippen LogP contribution in [0.15, 0.2) is 30.3 Å². The molecule has 0 aliphatic heterocycles. The fourth-order valence-electron chi connectivity index (χ4n) is 0.896. The molecule has 0 saturated carbocycles. The number of nitrogens with two attached hydrogens (primary N) is 1. The molecule has 1 rings (SSSR count). The molecule has 0 amide bonds. The van der Waals surface area contributed by atoms with Crippen molar-refractivity contribution in [2.24, 2.45) is 5.73 Å². The van der Waals surface area contributed by atoms with Gasteiger partial charge in [0.15, 0.2) is 5.83 Å². The van der Waals surface area contributed by atoms with E-state index in [0.29, 0.717) is 6.54 Å². The Morgan fingerprint density at radius 3 is 2.00 bits per heavy atom. The van der Waals surface area contributed by atoms with Crippen molar-refractivity contribution < 1.29 is 13.2 Å². The van der Waals surface area contributed by atoms with E-state index >= 15 is 0 Å². The average Bonchev–Trinajstić information content (AvgIpc) is 2.17. The Morgan fingerprint density at radius 1 is 1.08 bits per heavy atom. The summed E-state index contributed by atoms with van der Waals surface area (Å²) in [5, 5.41) is 0. The first-order valence-corrected chi connectivity index (χ1v) is 3.65. The molecule has 0 radical (unpaired) electrons. The van der Waals surface area contributed by atoms with Crippen LogP contribution in [0.4, 0.5) is 13.2 Å². The molecule has 4 heteroatoms. The zero-order valence-corrected chi connectivity index (χ0v) is 6.73. The fraction of sp³-hybridized carbons (Fsp3) is 0.111. The van der Waals surface area contributed by atoms with Gasteiger partial charge in [0.25, 0.3) is 0 Å². The Hall–Kier alpha value is -1.29. The zero-order chi connectivity index (χ0) is 9.84.